The normalized spacial score (nSPS) is 14.0. The lowest BCUT2D eigenvalue weighted by atomic mass is 9.82. The van der Waals surface area contributed by atoms with Crippen molar-refractivity contribution < 1.29 is 9.90 Å². The Morgan fingerprint density at radius 1 is 1.71 bits per heavy atom. The van der Waals surface area contributed by atoms with Gasteiger partial charge in [-0.1, -0.05) is 13.8 Å². The molecule has 1 atom stereocenters. The van der Waals surface area contributed by atoms with Gasteiger partial charge in [-0.25, -0.2) is 4.98 Å². The molecule has 0 aromatic carbocycles. The summed E-state index contributed by atoms with van der Waals surface area (Å²) in [6.45, 7) is 3.54. The molecule has 0 fully saturated rings. The van der Waals surface area contributed by atoms with Crippen molar-refractivity contribution in [2.24, 2.45) is 12.8 Å². The zero-order chi connectivity index (χ0) is 10.9. The SMILES string of the molecule is Cn1cnc(C(C)(C)C(N)C(=O)O)c1. The van der Waals surface area contributed by atoms with Crippen molar-refractivity contribution in [2.45, 2.75) is 25.3 Å². The third kappa shape index (κ3) is 1.77. The molecule has 0 amide bonds. The van der Waals surface area contributed by atoms with Gasteiger partial charge in [-0.2, -0.15) is 0 Å². The number of aromatic nitrogens is 2. The molecule has 3 N–H and O–H groups in total. The Morgan fingerprint density at radius 2 is 2.29 bits per heavy atom. The van der Waals surface area contributed by atoms with Crippen LogP contribution in [0.4, 0.5) is 0 Å². The molecule has 0 spiro atoms. The fourth-order valence-corrected chi connectivity index (χ4v) is 1.21. The number of aliphatic carboxylic acids is 1. The molecule has 0 aliphatic heterocycles. The van der Waals surface area contributed by atoms with E-state index in [1.165, 1.54) is 0 Å². The molecule has 1 heterocycles. The largest absolute Gasteiger partial charge is 0.480 e. The Kier molecular flexibility index (Phi) is 2.62. The van der Waals surface area contributed by atoms with E-state index in [1.54, 1.807) is 30.9 Å². The summed E-state index contributed by atoms with van der Waals surface area (Å²) in [7, 11) is 1.83. The summed E-state index contributed by atoms with van der Waals surface area (Å²) >= 11 is 0. The van der Waals surface area contributed by atoms with Gasteiger partial charge in [0.05, 0.1) is 12.0 Å². The molecule has 78 valence electrons. The van der Waals surface area contributed by atoms with Gasteiger partial charge in [0.2, 0.25) is 0 Å². The van der Waals surface area contributed by atoms with Crippen molar-refractivity contribution in [3.05, 3.63) is 18.2 Å². The number of carboxylic acids is 1. The van der Waals surface area contributed by atoms with Gasteiger partial charge in [-0.3, -0.25) is 4.79 Å². The van der Waals surface area contributed by atoms with Crippen LogP contribution in [0.1, 0.15) is 19.5 Å². The molecule has 0 saturated heterocycles. The van der Waals surface area contributed by atoms with Gasteiger partial charge < -0.3 is 15.4 Å². The van der Waals surface area contributed by atoms with Gasteiger partial charge in [0.15, 0.2) is 0 Å². The van der Waals surface area contributed by atoms with Crippen LogP contribution < -0.4 is 5.73 Å². The average Bonchev–Trinajstić information content (AvgIpc) is 2.50. The first-order valence-corrected chi connectivity index (χ1v) is 4.32. The second kappa shape index (κ2) is 3.42. The van der Waals surface area contributed by atoms with Gasteiger partial charge >= 0.3 is 5.97 Å². The molecule has 5 heteroatoms. The number of hydrogen-bond acceptors (Lipinski definition) is 3. The average molecular weight is 197 g/mol. The summed E-state index contributed by atoms with van der Waals surface area (Å²) in [4.78, 5) is 14.9. The first-order valence-electron chi connectivity index (χ1n) is 4.32. The van der Waals surface area contributed by atoms with Crippen molar-refractivity contribution in [3.8, 4) is 0 Å². The number of carboxylic acid groups (broad SMARTS) is 1. The van der Waals surface area contributed by atoms with E-state index in [4.69, 9.17) is 10.8 Å². The number of nitrogens with two attached hydrogens (primary N) is 1. The Hall–Kier alpha value is -1.36. The Bertz CT molecular complexity index is 344. The maximum absolute atomic E-state index is 10.8. The highest BCUT2D eigenvalue weighted by molar-refractivity contribution is 5.75. The highest BCUT2D eigenvalue weighted by Gasteiger charge is 2.35. The van der Waals surface area contributed by atoms with Gasteiger partial charge in [-0.15, -0.1) is 0 Å². The molecule has 1 unspecified atom stereocenters. The van der Waals surface area contributed by atoms with Crippen LogP contribution >= 0.6 is 0 Å². The number of carbonyl (C=O) groups is 1. The molecule has 0 saturated carbocycles. The highest BCUT2D eigenvalue weighted by Crippen LogP contribution is 2.24. The van der Waals surface area contributed by atoms with Crippen LogP contribution in [0.5, 0.6) is 0 Å². The first kappa shape index (κ1) is 10.7. The van der Waals surface area contributed by atoms with Crippen LogP contribution in [0.25, 0.3) is 0 Å². The molecule has 14 heavy (non-hydrogen) atoms. The molecule has 1 aromatic heterocycles. The van der Waals surface area contributed by atoms with Crippen LogP contribution in [0.2, 0.25) is 0 Å². The van der Waals surface area contributed by atoms with E-state index in [-0.39, 0.29) is 0 Å². The maximum atomic E-state index is 10.8. The van der Waals surface area contributed by atoms with Gasteiger partial charge in [0, 0.05) is 18.7 Å². The summed E-state index contributed by atoms with van der Waals surface area (Å²) in [6, 6.07) is -0.947. The van der Waals surface area contributed by atoms with Crippen molar-refractivity contribution >= 4 is 5.97 Å². The van der Waals surface area contributed by atoms with Crippen molar-refractivity contribution in [3.63, 3.8) is 0 Å². The summed E-state index contributed by atoms with van der Waals surface area (Å²) in [5.41, 5.74) is 5.62. The summed E-state index contributed by atoms with van der Waals surface area (Å²) < 4.78 is 1.77. The lowest BCUT2D eigenvalue weighted by Crippen LogP contribution is -2.47. The van der Waals surface area contributed by atoms with Crippen LogP contribution in [0.15, 0.2) is 12.5 Å². The van der Waals surface area contributed by atoms with Crippen molar-refractivity contribution in [1.82, 2.24) is 9.55 Å². The minimum Gasteiger partial charge on any atom is -0.480 e. The van der Waals surface area contributed by atoms with E-state index in [1.807, 2.05) is 7.05 Å². The molecule has 0 aliphatic rings. The third-order valence-electron chi connectivity index (χ3n) is 2.41. The quantitative estimate of drug-likeness (QED) is 0.720. The highest BCUT2D eigenvalue weighted by atomic mass is 16.4. The third-order valence-corrected chi connectivity index (χ3v) is 2.41. The molecule has 0 radical (unpaired) electrons. The lowest BCUT2D eigenvalue weighted by molar-refractivity contribution is -0.140. The fraction of sp³-hybridized carbons (Fsp3) is 0.556. The number of rotatable bonds is 3. The molecular weight excluding hydrogens is 182 g/mol. The van der Waals surface area contributed by atoms with Gasteiger partial charge in [0.25, 0.3) is 0 Å². The van der Waals surface area contributed by atoms with Crippen molar-refractivity contribution in [2.75, 3.05) is 0 Å². The molecular formula is C9H15N3O2. The molecule has 1 rings (SSSR count). The maximum Gasteiger partial charge on any atom is 0.321 e. The number of nitrogens with zero attached hydrogens (tertiary/aromatic N) is 2. The smallest absolute Gasteiger partial charge is 0.321 e. The predicted octanol–water partition coefficient (Wildman–Crippen LogP) is 0.110. The van der Waals surface area contributed by atoms with Crippen LogP contribution in [-0.2, 0) is 17.3 Å². The molecule has 0 aliphatic carbocycles. The molecule has 0 bridgehead atoms. The zero-order valence-corrected chi connectivity index (χ0v) is 8.56. The Morgan fingerprint density at radius 3 is 2.64 bits per heavy atom. The van der Waals surface area contributed by atoms with Gasteiger partial charge in [-0.05, 0) is 0 Å². The second-order valence-electron chi connectivity index (χ2n) is 3.96. The second-order valence-corrected chi connectivity index (χ2v) is 3.96. The van der Waals surface area contributed by atoms with E-state index in [2.05, 4.69) is 4.98 Å². The molecule has 1 aromatic rings. The van der Waals surface area contributed by atoms with Gasteiger partial charge in [0.1, 0.15) is 6.04 Å². The topological polar surface area (TPSA) is 81.1 Å². The Labute approximate surface area is 82.6 Å². The minimum atomic E-state index is -1.01. The van der Waals surface area contributed by atoms with E-state index in [0.29, 0.717) is 5.69 Å². The lowest BCUT2D eigenvalue weighted by Gasteiger charge is -2.26. The van der Waals surface area contributed by atoms with E-state index >= 15 is 0 Å². The summed E-state index contributed by atoms with van der Waals surface area (Å²) in [5, 5.41) is 8.83. The summed E-state index contributed by atoms with van der Waals surface area (Å²) in [6.07, 6.45) is 3.41. The fourth-order valence-electron chi connectivity index (χ4n) is 1.21. The van der Waals surface area contributed by atoms with E-state index in [9.17, 15) is 4.79 Å². The zero-order valence-electron chi connectivity index (χ0n) is 8.56. The Balaban J connectivity index is 3.01. The predicted molar refractivity (Wildman–Crippen MR) is 51.8 cm³/mol. The van der Waals surface area contributed by atoms with Crippen LogP contribution in [0.3, 0.4) is 0 Å². The number of aryl methyl sites for hydroxylation is 1. The first-order chi connectivity index (χ1) is 6.35. The van der Waals surface area contributed by atoms with Crippen molar-refractivity contribution in [1.29, 1.82) is 0 Å². The van der Waals surface area contributed by atoms with Crippen LogP contribution in [-0.4, -0.2) is 26.7 Å². The molecule has 5 nitrogen and oxygen atoms in total. The number of hydrogen-bond donors (Lipinski definition) is 2. The number of imidazole rings is 1. The van der Waals surface area contributed by atoms with Crippen LogP contribution in [0, 0.1) is 0 Å². The summed E-state index contributed by atoms with van der Waals surface area (Å²) in [5.74, 6) is -1.01. The monoisotopic (exact) mass is 197 g/mol. The van der Waals surface area contributed by atoms with E-state index < -0.39 is 17.4 Å². The van der Waals surface area contributed by atoms with E-state index in [0.717, 1.165) is 0 Å². The standard InChI is InChI=1S/C9H15N3O2/c1-9(2,7(10)8(13)14)6-4-12(3)5-11-6/h4-5,7H,10H2,1-3H3,(H,13,14). The minimum absolute atomic E-state index is 0.660.